The first kappa shape index (κ1) is 13.3. The van der Waals surface area contributed by atoms with Crippen LogP contribution in [0.3, 0.4) is 0 Å². The van der Waals surface area contributed by atoms with Crippen LogP contribution in [0.25, 0.3) is 0 Å². The Balaban J connectivity index is 2.32. The molecule has 1 N–H and O–H groups in total. The first-order valence-electron chi connectivity index (χ1n) is 4.96. The highest BCUT2D eigenvalue weighted by Crippen LogP contribution is 2.31. The van der Waals surface area contributed by atoms with Gasteiger partial charge in [0.05, 0.1) is 10.6 Å². The summed E-state index contributed by atoms with van der Waals surface area (Å²) in [6, 6.07) is 6.97. The number of aromatic nitrogens is 4. The molecule has 1 aromatic heterocycles. The highest BCUT2D eigenvalue weighted by atomic mass is 35.5. The maximum absolute atomic E-state index is 10.6. The van der Waals surface area contributed by atoms with E-state index in [0.717, 1.165) is 16.4 Å². The maximum atomic E-state index is 10.6. The van der Waals surface area contributed by atoms with Gasteiger partial charge in [0, 0.05) is 4.90 Å². The smallest absolute Gasteiger partial charge is 0.325 e. The molecule has 9 heteroatoms. The monoisotopic (exact) mass is 295 g/mol. The third-order valence-corrected chi connectivity index (χ3v) is 3.42. The van der Waals surface area contributed by atoms with Crippen molar-refractivity contribution >= 4 is 29.3 Å². The van der Waals surface area contributed by atoms with E-state index in [1.807, 2.05) is 6.07 Å². The molecule has 2 aromatic rings. The van der Waals surface area contributed by atoms with Crippen molar-refractivity contribution in [2.45, 2.75) is 16.6 Å². The molecule has 0 saturated carbocycles. The molecule has 0 saturated heterocycles. The molecule has 2 rings (SSSR count). The molecule has 0 aliphatic carbocycles. The van der Waals surface area contributed by atoms with Gasteiger partial charge in [-0.15, -0.1) is 5.10 Å². The summed E-state index contributed by atoms with van der Waals surface area (Å²) in [5.74, 6) is -1.05. The molecular weight excluding hydrogens is 290 g/mol. The average molecular weight is 296 g/mol. The Morgan fingerprint density at radius 1 is 1.58 bits per heavy atom. The first-order chi connectivity index (χ1) is 9.11. The number of halogens is 1. The summed E-state index contributed by atoms with van der Waals surface area (Å²) in [5, 5.41) is 29.1. The summed E-state index contributed by atoms with van der Waals surface area (Å²) in [6.07, 6.45) is 0. The maximum Gasteiger partial charge on any atom is 0.325 e. The number of carboxylic acid groups (broad SMARTS) is 1. The number of hydrogen-bond donors (Lipinski definition) is 1. The minimum absolute atomic E-state index is 0.279. The highest BCUT2D eigenvalue weighted by molar-refractivity contribution is 7.99. The van der Waals surface area contributed by atoms with Crippen LogP contribution in [-0.4, -0.2) is 31.3 Å². The molecule has 1 heterocycles. The van der Waals surface area contributed by atoms with Crippen molar-refractivity contribution in [2.24, 2.45) is 0 Å². The summed E-state index contributed by atoms with van der Waals surface area (Å²) in [6.45, 7) is -0.349. The Kier molecular flexibility index (Phi) is 3.99. The Morgan fingerprint density at radius 3 is 3.05 bits per heavy atom. The molecule has 0 atom stereocenters. The molecule has 0 amide bonds. The lowest BCUT2D eigenvalue weighted by atomic mass is 10.2. The zero-order valence-electron chi connectivity index (χ0n) is 9.32. The molecule has 7 nitrogen and oxygen atoms in total. The second-order valence-corrected chi connectivity index (χ2v) is 4.76. The summed E-state index contributed by atoms with van der Waals surface area (Å²) in [5.41, 5.74) is 0.305. The standard InChI is InChI=1S/C10H6ClN5O2S/c11-7-2-1-3-8(6(7)4-12)19-10-13-14-15-16(10)5-9(17)18/h1-3H,5H2,(H,17,18). The van der Waals surface area contributed by atoms with E-state index in [1.54, 1.807) is 18.2 Å². The van der Waals surface area contributed by atoms with Crippen LogP contribution in [0.5, 0.6) is 0 Å². The topological polar surface area (TPSA) is 105 Å². The van der Waals surface area contributed by atoms with E-state index in [4.69, 9.17) is 22.0 Å². The largest absolute Gasteiger partial charge is 0.480 e. The van der Waals surface area contributed by atoms with Crippen LogP contribution in [0, 0.1) is 11.3 Å². The third kappa shape index (κ3) is 3.01. The number of hydrogen-bond acceptors (Lipinski definition) is 6. The number of rotatable bonds is 4. The number of carbonyl (C=O) groups is 1. The fourth-order valence-corrected chi connectivity index (χ4v) is 2.45. The Hall–Kier alpha value is -2.11. The van der Waals surface area contributed by atoms with Gasteiger partial charge >= 0.3 is 5.97 Å². The van der Waals surface area contributed by atoms with Crippen molar-refractivity contribution in [3.05, 3.63) is 28.8 Å². The van der Waals surface area contributed by atoms with Gasteiger partial charge in [-0.3, -0.25) is 4.79 Å². The number of benzene rings is 1. The van der Waals surface area contributed by atoms with Gasteiger partial charge in [-0.2, -0.15) is 5.26 Å². The van der Waals surface area contributed by atoms with Crippen molar-refractivity contribution < 1.29 is 9.90 Å². The second kappa shape index (κ2) is 5.69. The fourth-order valence-electron chi connectivity index (χ4n) is 1.29. The lowest BCUT2D eigenvalue weighted by Crippen LogP contribution is -2.11. The van der Waals surface area contributed by atoms with Gasteiger partial charge in [0.1, 0.15) is 12.6 Å². The number of tetrazole rings is 1. The molecule has 96 valence electrons. The second-order valence-electron chi connectivity index (χ2n) is 3.34. The zero-order valence-corrected chi connectivity index (χ0v) is 10.9. The zero-order chi connectivity index (χ0) is 13.8. The van der Waals surface area contributed by atoms with Crippen LogP contribution >= 0.6 is 23.4 Å². The van der Waals surface area contributed by atoms with Gasteiger partial charge in [0.25, 0.3) is 0 Å². The van der Waals surface area contributed by atoms with E-state index in [1.165, 1.54) is 0 Å². The van der Waals surface area contributed by atoms with Gasteiger partial charge in [0.2, 0.25) is 5.16 Å². The minimum Gasteiger partial charge on any atom is -0.480 e. The van der Waals surface area contributed by atoms with Crippen molar-refractivity contribution in [2.75, 3.05) is 0 Å². The van der Waals surface area contributed by atoms with Gasteiger partial charge in [0.15, 0.2) is 0 Å². The van der Waals surface area contributed by atoms with Crippen LogP contribution in [0.4, 0.5) is 0 Å². The molecule has 19 heavy (non-hydrogen) atoms. The van der Waals surface area contributed by atoms with Crippen molar-refractivity contribution in [3.63, 3.8) is 0 Å². The minimum atomic E-state index is -1.05. The van der Waals surface area contributed by atoms with Crippen molar-refractivity contribution in [3.8, 4) is 6.07 Å². The molecule has 0 radical (unpaired) electrons. The molecule has 0 aliphatic rings. The SMILES string of the molecule is N#Cc1c(Cl)cccc1Sc1nnnn1CC(=O)O. The van der Waals surface area contributed by atoms with E-state index >= 15 is 0 Å². The number of nitriles is 1. The predicted octanol–water partition coefficient (Wildman–Crippen LogP) is 1.43. The van der Waals surface area contributed by atoms with Crippen molar-refractivity contribution in [1.29, 1.82) is 5.26 Å². The normalized spacial score (nSPS) is 10.1. The van der Waals surface area contributed by atoms with E-state index in [-0.39, 0.29) is 11.7 Å². The number of aliphatic carboxylic acids is 1. The molecule has 0 bridgehead atoms. The third-order valence-electron chi connectivity index (χ3n) is 2.07. The lowest BCUT2D eigenvalue weighted by molar-refractivity contribution is -0.138. The van der Waals surface area contributed by atoms with E-state index in [2.05, 4.69) is 15.5 Å². The van der Waals surface area contributed by atoms with Crippen LogP contribution < -0.4 is 0 Å². The van der Waals surface area contributed by atoms with Gasteiger partial charge in [-0.1, -0.05) is 17.7 Å². The molecule has 0 unspecified atom stereocenters. The quantitative estimate of drug-likeness (QED) is 0.909. The average Bonchev–Trinajstić information content (AvgIpc) is 2.76. The van der Waals surface area contributed by atoms with Crippen LogP contribution in [-0.2, 0) is 11.3 Å². The summed E-state index contributed by atoms with van der Waals surface area (Å²) in [4.78, 5) is 11.2. The Morgan fingerprint density at radius 2 is 2.37 bits per heavy atom. The fraction of sp³-hybridized carbons (Fsp3) is 0.100. The lowest BCUT2D eigenvalue weighted by Gasteiger charge is -2.04. The summed E-state index contributed by atoms with van der Waals surface area (Å²) < 4.78 is 1.13. The Bertz CT molecular complexity index is 666. The highest BCUT2D eigenvalue weighted by Gasteiger charge is 2.14. The molecule has 0 spiro atoms. The van der Waals surface area contributed by atoms with E-state index in [9.17, 15) is 4.79 Å². The summed E-state index contributed by atoms with van der Waals surface area (Å²) in [7, 11) is 0. The van der Waals surface area contributed by atoms with Crippen molar-refractivity contribution in [1.82, 2.24) is 20.2 Å². The van der Waals surface area contributed by atoms with E-state index in [0.29, 0.717) is 15.5 Å². The van der Waals surface area contributed by atoms with Gasteiger partial charge in [-0.05, 0) is 34.3 Å². The van der Waals surface area contributed by atoms with Crippen LogP contribution in [0.15, 0.2) is 28.3 Å². The van der Waals surface area contributed by atoms with Crippen LogP contribution in [0.2, 0.25) is 5.02 Å². The number of nitrogens with zero attached hydrogens (tertiary/aromatic N) is 5. The molecular formula is C10H6ClN5O2S. The molecule has 0 aliphatic heterocycles. The Labute approximate surface area is 116 Å². The van der Waals surface area contributed by atoms with Crippen LogP contribution in [0.1, 0.15) is 5.56 Å². The number of carboxylic acids is 1. The predicted molar refractivity (Wildman–Crippen MR) is 65.7 cm³/mol. The molecule has 0 fully saturated rings. The first-order valence-corrected chi connectivity index (χ1v) is 6.15. The van der Waals surface area contributed by atoms with Gasteiger partial charge in [-0.25, -0.2) is 4.68 Å². The molecule has 1 aromatic carbocycles. The van der Waals surface area contributed by atoms with Gasteiger partial charge < -0.3 is 5.11 Å². The van der Waals surface area contributed by atoms with E-state index < -0.39 is 5.97 Å². The summed E-state index contributed by atoms with van der Waals surface area (Å²) >= 11 is 6.99.